The Labute approximate surface area is 152 Å². The maximum absolute atomic E-state index is 12.0. The van der Waals surface area contributed by atoms with Gasteiger partial charge in [0.25, 0.3) is 5.91 Å². The number of thiophene rings is 1. The van der Waals surface area contributed by atoms with Gasteiger partial charge in [-0.1, -0.05) is 10.3 Å². The Hall–Kier alpha value is -3.01. The van der Waals surface area contributed by atoms with Gasteiger partial charge in [0.05, 0.1) is 12.1 Å². The molecule has 136 valence electrons. The first-order valence-corrected chi connectivity index (χ1v) is 8.74. The number of rotatable bonds is 7. The van der Waals surface area contributed by atoms with E-state index < -0.39 is 18.0 Å². The fourth-order valence-electron chi connectivity index (χ4n) is 2.03. The van der Waals surface area contributed by atoms with E-state index in [1.165, 1.54) is 18.3 Å². The van der Waals surface area contributed by atoms with Crippen LogP contribution in [0.15, 0.2) is 31.9 Å². The van der Waals surface area contributed by atoms with Crippen LogP contribution >= 0.6 is 11.3 Å². The highest BCUT2D eigenvalue weighted by Gasteiger charge is 2.20. The lowest BCUT2D eigenvalue weighted by Gasteiger charge is -2.11. The largest absolute Gasteiger partial charge is 0.453 e. The predicted octanol–water partition coefficient (Wildman–Crippen LogP) is 2.60. The van der Waals surface area contributed by atoms with E-state index in [-0.39, 0.29) is 18.7 Å². The number of aryl methyl sites for hydroxylation is 2. The molecule has 0 saturated heterocycles. The summed E-state index contributed by atoms with van der Waals surface area (Å²) in [6.07, 6.45) is -0.729. The van der Waals surface area contributed by atoms with Crippen LogP contribution in [-0.2, 0) is 20.7 Å². The Morgan fingerprint density at radius 3 is 2.88 bits per heavy atom. The van der Waals surface area contributed by atoms with E-state index in [1.54, 1.807) is 13.0 Å². The van der Waals surface area contributed by atoms with Gasteiger partial charge < -0.3 is 13.8 Å². The first-order valence-electron chi connectivity index (χ1n) is 7.80. The Balaban J connectivity index is 1.45. The molecule has 1 N–H and O–H groups in total. The molecular weight excluding hydrogens is 360 g/mol. The van der Waals surface area contributed by atoms with Crippen molar-refractivity contribution < 1.29 is 23.4 Å². The summed E-state index contributed by atoms with van der Waals surface area (Å²) in [6.45, 7) is 3.20. The van der Waals surface area contributed by atoms with Gasteiger partial charge in [-0.05, 0) is 25.3 Å². The number of esters is 1. The lowest BCUT2D eigenvalue weighted by molar-refractivity contribution is -0.153. The van der Waals surface area contributed by atoms with Crippen LogP contribution in [0.2, 0.25) is 0 Å². The minimum absolute atomic E-state index is 0.0182. The topological polar surface area (TPSA) is 120 Å². The van der Waals surface area contributed by atoms with Crippen molar-refractivity contribution in [2.45, 2.75) is 32.8 Å². The van der Waals surface area contributed by atoms with E-state index >= 15 is 0 Å². The van der Waals surface area contributed by atoms with Gasteiger partial charge in [0, 0.05) is 23.4 Å². The van der Waals surface area contributed by atoms with E-state index in [9.17, 15) is 9.59 Å². The summed E-state index contributed by atoms with van der Waals surface area (Å²) < 4.78 is 15.1. The average molecular weight is 376 g/mol. The van der Waals surface area contributed by atoms with E-state index in [1.807, 2.05) is 16.8 Å². The maximum atomic E-state index is 12.0. The minimum Gasteiger partial charge on any atom is -0.453 e. The van der Waals surface area contributed by atoms with Crippen molar-refractivity contribution in [1.82, 2.24) is 15.3 Å². The molecule has 0 aliphatic carbocycles. The summed E-state index contributed by atoms with van der Waals surface area (Å²) >= 11 is 1.53. The third-order valence-corrected chi connectivity index (χ3v) is 4.03. The summed E-state index contributed by atoms with van der Waals surface area (Å²) in [6, 6.07) is 3.44. The molecule has 0 unspecified atom stereocenters. The molecule has 3 aromatic rings. The number of ether oxygens (including phenoxy) is 1. The molecule has 0 aliphatic heterocycles. The summed E-state index contributed by atoms with van der Waals surface area (Å²) in [5.74, 6) is -0.0481. The van der Waals surface area contributed by atoms with Gasteiger partial charge in [0.15, 0.2) is 6.10 Å². The number of carbonyl (C=O) groups is 2. The second kappa shape index (κ2) is 7.91. The van der Waals surface area contributed by atoms with Crippen LogP contribution in [-0.4, -0.2) is 33.3 Å². The molecule has 0 aliphatic rings. The number of aromatic nitrogens is 3. The van der Waals surface area contributed by atoms with E-state index in [4.69, 9.17) is 13.8 Å². The van der Waals surface area contributed by atoms with Crippen LogP contribution in [0.1, 0.15) is 24.9 Å². The van der Waals surface area contributed by atoms with Crippen LogP contribution in [0.25, 0.3) is 11.4 Å². The van der Waals surface area contributed by atoms with Crippen molar-refractivity contribution in [2.75, 3.05) is 5.32 Å². The van der Waals surface area contributed by atoms with Crippen molar-refractivity contribution >= 4 is 29.1 Å². The summed E-state index contributed by atoms with van der Waals surface area (Å²) in [5.41, 5.74) is 1.49. The van der Waals surface area contributed by atoms with E-state index in [2.05, 4.69) is 20.6 Å². The molecule has 0 saturated carbocycles. The Morgan fingerprint density at radius 2 is 2.19 bits per heavy atom. The summed E-state index contributed by atoms with van der Waals surface area (Å²) in [4.78, 5) is 28.1. The van der Waals surface area contributed by atoms with Gasteiger partial charge in [-0.25, -0.2) is 0 Å². The van der Waals surface area contributed by atoms with E-state index in [0.717, 1.165) is 5.56 Å². The van der Waals surface area contributed by atoms with Gasteiger partial charge in [0.1, 0.15) is 0 Å². The first kappa shape index (κ1) is 17.8. The second-order valence-electron chi connectivity index (χ2n) is 5.48. The van der Waals surface area contributed by atoms with Crippen LogP contribution in [0.5, 0.6) is 0 Å². The number of carbonyl (C=O) groups excluding carboxylic acids is 2. The number of nitrogens with one attached hydrogen (secondary N) is 1. The van der Waals surface area contributed by atoms with Gasteiger partial charge in [0.2, 0.25) is 17.6 Å². The van der Waals surface area contributed by atoms with Crippen molar-refractivity contribution in [3.63, 3.8) is 0 Å². The normalized spacial score (nSPS) is 11.9. The number of amides is 1. The zero-order valence-corrected chi connectivity index (χ0v) is 14.9. The van der Waals surface area contributed by atoms with Crippen LogP contribution in [0.4, 0.5) is 5.88 Å². The Bertz CT molecular complexity index is 886. The number of hydrogen-bond donors (Lipinski definition) is 1. The molecule has 0 spiro atoms. The molecule has 0 radical (unpaired) electrons. The fraction of sp³-hybridized carbons (Fsp3) is 0.312. The monoisotopic (exact) mass is 376 g/mol. The van der Waals surface area contributed by atoms with Gasteiger partial charge in [-0.3, -0.25) is 14.9 Å². The number of nitrogens with zero attached hydrogens (tertiary/aromatic N) is 3. The Kier molecular flexibility index (Phi) is 5.42. The average Bonchev–Trinajstić information content (AvgIpc) is 3.34. The highest BCUT2D eigenvalue weighted by molar-refractivity contribution is 7.08. The molecule has 3 rings (SSSR count). The lowest BCUT2D eigenvalue weighted by atomic mass is 10.3. The fourth-order valence-corrected chi connectivity index (χ4v) is 2.66. The van der Waals surface area contributed by atoms with Gasteiger partial charge >= 0.3 is 5.97 Å². The quantitative estimate of drug-likeness (QED) is 0.625. The lowest BCUT2D eigenvalue weighted by Crippen LogP contribution is -2.29. The van der Waals surface area contributed by atoms with Crippen LogP contribution in [0.3, 0.4) is 0 Å². The number of hydrogen-bond acceptors (Lipinski definition) is 9. The zero-order valence-electron chi connectivity index (χ0n) is 14.1. The predicted molar refractivity (Wildman–Crippen MR) is 91.4 cm³/mol. The third-order valence-electron chi connectivity index (χ3n) is 3.34. The second-order valence-corrected chi connectivity index (χ2v) is 6.26. The van der Waals surface area contributed by atoms with E-state index in [0.29, 0.717) is 17.4 Å². The van der Waals surface area contributed by atoms with Crippen molar-refractivity contribution in [3.8, 4) is 11.4 Å². The molecular formula is C16H16N4O5S. The molecule has 3 heterocycles. The SMILES string of the molecule is Cc1cc(NC(=O)[C@@H](C)OC(=O)CCc2nc(-c3ccsc3)no2)on1. The molecule has 10 heteroatoms. The van der Waals surface area contributed by atoms with Gasteiger partial charge in [-0.15, -0.1) is 0 Å². The van der Waals surface area contributed by atoms with Gasteiger partial charge in [-0.2, -0.15) is 16.3 Å². The zero-order chi connectivity index (χ0) is 18.5. The molecule has 26 heavy (non-hydrogen) atoms. The Morgan fingerprint density at radius 1 is 1.35 bits per heavy atom. The highest BCUT2D eigenvalue weighted by Crippen LogP contribution is 2.19. The van der Waals surface area contributed by atoms with Crippen molar-refractivity contribution in [1.29, 1.82) is 0 Å². The van der Waals surface area contributed by atoms with Crippen LogP contribution in [0, 0.1) is 6.92 Å². The minimum atomic E-state index is -0.975. The molecule has 0 fully saturated rings. The van der Waals surface area contributed by atoms with Crippen molar-refractivity contribution in [2.24, 2.45) is 0 Å². The molecule has 3 aromatic heterocycles. The maximum Gasteiger partial charge on any atom is 0.307 e. The summed E-state index contributed by atoms with van der Waals surface area (Å²) in [7, 11) is 0. The molecule has 0 bridgehead atoms. The standard InChI is InChI=1S/C16H16N4O5S/c1-9-7-13(25-19-9)18-16(22)10(2)23-14(21)4-3-12-17-15(20-24-12)11-5-6-26-8-11/h5-8,10H,3-4H2,1-2H3,(H,18,22)/t10-/m1/s1. The van der Waals surface area contributed by atoms with Crippen LogP contribution < -0.4 is 5.32 Å². The molecule has 1 atom stereocenters. The van der Waals surface area contributed by atoms with Crippen molar-refractivity contribution in [3.05, 3.63) is 34.5 Å². The summed E-state index contributed by atoms with van der Waals surface area (Å²) in [5, 5.41) is 13.8. The highest BCUT2D eigenvalue weighted by atomic mass is 32.1. The number of anilines is 1. The first-order chi connectivity index (χ1) is 12.5. The third kappa shape index (κ3) is 4.54. The molecule has 0 aromatic carbocycles. The smallest absolute Gasteiger partial charge is 0.307 e. The molecule has 9 nitrogen and oxygen atoms in total. The molecule has 1 amide bonds.